The molecule has 374 valence electrons. The molecule has 1 nitrogen and oxygen atoms in total. The van der Waals surface area contributed by atoms with Crippen molar-refractivity contribution >= 4 is 92.5 Å². The van der Waals surface area contributed by atoms with Crippen LogP contribution in [0.25, 0.3) is 137 Å². The molecule has 0 fully saturated rings. The molecule has 1 heteroatoms. The van der Waals surface area contributed by atoms with Crippen LogP contribution >= 0.6 is 0 Å². The molecule has 0 heterocycles. The van der Waals surface area contributed by atoms with Crippen molar-refractivity contribution in [2.24, 2.45) is 0 Å². The molecule has 0 aromatic heterocycles. The molecule has 0 saturated heterocycles. The highest BCUT2D eigenvalue weighted by atomic mass is 15.1. The quantitative estimate of drug-likeness (QED) is 0.130. The number of hydrogen-bond donors (Lipinski definition) is 0. The number of benzene rings is 15. The van der Waals surface area contributed by atoms with Gasteiger partial charge in [0.15, 0.2) is 0 Å². The predicted octanol–water partition coefficient (Wildman–Crippen LogP) is 22.2. The van der Waals surface area contributed by atoms with Gasteiger partial charge in [-0.1, -0.05) is 243 Å². The molecular formula is C79H53N. The molecule has 15 aromatic carbocycles. The van der Waals surface area contributed by atoms with Crippen LogP contribution in [-0.2, 0) is 0 Å². The average molecular weight is 1020 g/mol. The summed E-state index contributed by atoms with van der Waals surface area (Å²) in [4.78, 5) is 2.27. The lowest BCUT2D eigenvalue weighted by atomic mass is 9.83. The topological polar surface area (TPSA) is 3.24 Å². The lowest BCUT2D eigenvalue weighted by molar-refractivity contribution is 1.26. The van der Waals surface area contributed by atoms with Gasteiger partial charge in [-0.15, -0.1) is 0 Å². The summed E-state index contributed by atoms with van der Waals surface area (Å²) in [6.45, 7) is 6.87. The minimum Gasteiger partial charge on any atom is -0.310 e. The van der Waals surface area contributed by atoms with E-state index in [4.69, 9.17) is 6.58 Å². The van der Waals surface area contributed by atoms with Crippen molar-refractivity contribution in [2.75, 3.05) is 4.90 Å². The zero-order valence-corrected chi connectivity index (χ0v) is 44.4. The summed E-state index contributed by atoms with van der Waals surface area (Å²) < 4.78 is 0. The van der Waals surface area contributed by atoms with Gasteiger partial charge in [-0.3, -0.25) is 0 Å². The number of fused-ring (bicyclic) bond motifs is 7. The van der Waals surface area contributed by atoms with E-state index in [0.717, 1.165) is 22.6 Å². The fraction of sp³-hybridized carbons (Fsp3) is 0.0127. The molecular weight excluding hydrogens is 963 g/mol. The van der Waals surface area contributed by atoms with E-state index in [2.05, 4.69) is 303 Å². The van der Waals surface area contributed by atoms with Crippen molar-refractivity contribution in [3.8, 4) is 55.6 Å². The minimum absolute atomic E-state index is 0.930. The van der Waals surface area contributed by atoms with Crippen molar-refractivity contribution in [1.82, 2.24) is 0 Å². The van der Waals surface area contributed by atoms with Crippen molar-refractivity contribution in [2.45, 2.75) is 6.92 Å². The Hall–Kier alpha value is -10.3. The molecule has 0 N–H and O–H groups in total. The Labute approximate surface area is 466 Å². The van der Waals surface area contributed by atoms with Gasteiger partial charge in [-0.25, -0.2) is 0 Å². The fourth-order valence-corrected chi connectivity index (χ4v) is 12.8. The number of rotatable bonds is 9. The van der Waals surface area contributed by atoms with Crippen LogP contribution in [0.1, 0.15) is 11.1 Å². The highest BCUT2D eigenvalue weighted by molar-refractivity contribution is 6.24. The molecule has 0 spiro atoms. The predicted molar refractivity (Wildman–Crippen MR) is 345 cm³/mol. The second kappa shape index (κ2) is 19.3. The summed E-state index contributed by atoms with van der Waals surface area (Å²) in [6.07, 6.45) is 0. The molecule has 0 saturated carbocycles. The van der Waals surface area contributed by atoms with E-state index < -0.39 is 0 Å². The van der Waals surface area contributed by atoms with E-state index in [1.165, 1.54) is 137 Å². The van der Waals surface area contributed by atoms with Gasteiger partial charge in [0.1, 0.15) is 0 Å². The average Bonchev–Trinajstić information content (AvgIpc) is 3.61. The highest BCUT2D eigenvalue weighted by Crippen LogP contribution is 2.48. The van der Waals surface area contributed by atoms with Crippen LogP contribution in [0.3, 0.4) is 0 Å². The van der Waals surface area contributed by atoms with E-state index in [1.807, 2.05) is 0 Å². The van der Waals surface area contributed by atoms with Crippen LogP contribution in [0.5, 0.6) is 0 Å². The van der Waals surface area contributed by atoms with Gasteiger partial charge < -0.3 is 4.90 Å². The van der Waals surface area contributed by atoms with Gasteiger partial charge in [-0.2, -0.15) is 0 Å². The van der Waals surface area contributed by atoms with Crippen molar-refractivity contribution in [3.63, 3.8) is 0 Å². The molecule has 0 atom stereocenters. The zero-order valence-electron chi connectivity index (χ0n) is 44.4. The van der Waals surface area contributed by atoms with Gasteiger partial charge in [0.2, 0.25) is 0 Å². The summed E-state index contributed by atoms with van der Waals surface area (Å²) >= 11 is 0. The van der Waals surface area contributed by atoms with Crippen LogP contribution in [0.4, 0.5) is 11.4 Å². The monoisotopic (exact) mass is 1020 g/mol. The first-order valence-electron chi connectivity index (χ1n) is 27.7. The fourth-order valence-electron chi connectivity index (χ4n) is 12.8. The number of nitrogens with zero attached hydrogens (tertiary/aromatic N) is 1. The van der Waals surface area contributed by atoms with Gasteiger partial charge in [0.25, 0.3) is 0 Å². The summed E-state index contributed by atoms with van der Waals surface area (Å²) in [5.74, 6) is 0. The van der Waals surface area contributed by atoms with Crippen molar-refractivity contribution < 1.29 is 0 Å². The molecule has 15 rings (SSSR count). The Morgan fingerprint density at radius 1 is 0.263 bits per heavy atom. The maximum absolute atomic E-state index is 4.71. The molecule has 0 unspecified atom stereocenters. The second-order valence-corrected chi connectivity index (χ2v) is 21.3. The largest absolute Gasteiger partial charge is 0.310 e. The van der Waals surface area contributed by atoms with Crippen LogP contribution in [0.2, 0.25) is 0 Å². The number of para-hydroxylation sites is 2. The first-order chi connectivity index (χ1) is 39.5. The smallest absolute Gasteiger partial charge is 0.0490 e. The third-order valence-electron chi connectivity index (χ3n) is 16.6. The van der Waals surface area contributed by atoms with E-state index in [1.54, 1.807) is 0 Å². The third-order valence-corrected chi connectivity index (χ3v) is 16.6. The standard InChI is InChI=1S/C79H53N/c1-51-19-6-17-34-75(51)80(66-26-4-3-5-27-66)52(2)55-37-38-60-49-64(42-39-59(60)45-55)77-69-30-13-11-28-67(69)76(68-29-12-14-31-70(68)77)62-25-18-24-58(48-62)61-43-44-73-74(50-61)79(65-41-36-54-21-8-10-23-57(54)47-65)72-33-16-15-32-71(72)78(73)63-40-35-53-20-7-9-22-56(53)46-63/h3-50H,2H2,1H3. The Bertz CT molecular complexity index is 4930. The lowest BCUT2D eigenvalue weighted by Crippen LogP contribution is -2.15. The third kappa shape index (κ3) is 7.93. The summed E-state index contributed by atoms with van der Waals surface area (Å²) in [7, 11) is 0. The summed E-state index contributed by atoms with van der Waals surface area (Å²) in [6, 6.07) is 107. The number of aryl methyl sites for hydroxylation is 1. The van der Waals surface area contributed by atoms with E-state index in [9.17, 15) is 0 Å². The van der Waals surface area contributed by atoms with E-state index >= 15 is 0 Å². The maximum atomic E-state index is 4.71. The molecule has 15 aromatic rings. The van der Waals surface area contributed by atoms with E-state index in [-0.39, 0.29) is 0 Å². The normalized spacial score (nSPS) is 11.6. The van der Waals surface area contributed by atoms with Crippen molar-refractivity contribution in [1.29, 1.82) is 0 Å². The Morgan fingerprint density at radius 2 is 0.637 bits per heavy atom. The lowest BCUT2D eigenvalue weighted by Gasteiger charge is -2.29. The highest BCUT2D eigenvalue weighted by Gasteiger charge is 2.22. The molecule has 0 aliphatic rings. The summed E-state index contributed by atoms with van der Waals surface area (Å²) in [5, 5.41) is 17.2. The van der Waals surface area contributed by atoms with Crippen LogP contribution in [0, 0.1) is 6.92 Å². The molecule has 0 radical (unpaired) electrons. The minimum atomic E-state index is 0.930. The Morgan fingerprint density at radius 3 is 1.19 bits per heavy atom. The molecule has 0 aliphatic carbocycles. The van der Waals surface area contributed by atoms with Crippen LogP contribution in [0.15, 0.2) is 298 Å². The first kappa shape index (κ1) is 46.9. The summed E-state index contributed by atoms with van der Waals surface area (Å²) in [5.41, 5.74) is 17.6. The van der Waals surface area contributed by atoms with Gasteiger partial charge >= 0.3 is 0 Å². The Kier molecular flexibility index (Phi) is 11.3. The van der Waals surface area contributed by atoms with Crippen LogP contribution < -0.4 is 4.90 Å². The zero-order chi connectivity index (χ0) is 53.3. The molecule has 0 bridgehead atoms. The van der Waals surface area contributed by atoms with Crippen LogP contribution in [-0.4, -0.2) is 0 Å². The van der Waals surface area contributed by atoms with Gasteiger partial charge in [-0.05, 0) is 204 Å². The van der Waals surface area contributed by atoms with Gasteiger partial charge in [0.05, 0.1) is 0 Å². The molecule has 80 heavy (non-hydrogen) atoms. The Balaban J connectivity index is 0.865. The number of hydrogen-bond acceptors (Lipinski definition) is 1. The first-order valence-corrected chi connectivity index (χ1v) is 27.7. The van der Waals surface area contributed by atoms with Gasteiger partial charge in [0, 0.05) is 17.1 Å². The van der Waals surface area contributed by atoms with E-state index in [0.29, 0.717) is 0 Å². The second-order valence-electron chi connectivity index (χ2n) is 21.3. The number of anilines is 2. The maximum Gasteiger partial charge on any atom is 0.0490 e. The SMILES string of the molecule is C=C(c1ccc2cc(-c3c4ccccc4c(-c4cccc(-c5ccc6c(-c7ccc8ccccc8c7)c7ccccc7c(-c7ccc8ccccc8c7)c6c5)c4)c4ccccc34)ccc2c1)N(c1ccccc1)c1ccccc1C. The molecule has 0 amide bonds. The van der Waals surface area contributed by atoms with Crippen molar-refractivity contribution in [3.05, 3.63) is 309 Å². The molecule has 0 aliphatic heterocycles.